The Labute approximate surface area is 74.2 Å². The normalized spacial score (nSPS) is 10.4. The Morgan fingerprint density at radius 2 is 1.92 bits per heavy atom. The Morgan fingerprint density at radius 1 is 1.25 bits per heavy atom. The molecule has 0 saturated heterocycles. The highest BCUT2D eigenvalue weighted by Crippen LogP contribution is 2.06. The minimum absolute atomic E-state index is 1.02. The lowest BCUT2D eigenvalue weighted by Crippen LogP contribution is -1.80. The van der Waals surface area contributed by atoms with Crippen molar-refractivity contribution in [1.29, 1.82) is 0 Å². The summed E-state index contributed by atoms with van der Waals surface area (Å²) in [5, 5.41) is 0. The second-order valence-corrected chi connectivity index (χ2v) is 2.72. The number of hydrogen-bond acceptors (Lipinski definition) is 0. The molecule has 0 N–H and O–H groups in total. The molecule has 0 saturated carbocycles. The molecule has 1 aromatic rings. The van der Waals surface area contributed by atoms with Gasteiger partial charge in [-0.05, 0) is 24.5 Å². The summed E-state index contributed by atoms with van der Waals surface area (Å²) < 4.78 is 0. The van der Waals surface area contributed by atoms with Gasteiger partial charge in [-0.15, -0.1) is 0 Å². The average molecular weight is 158 g/mol. The van der Waals surface area contributed by atoms with Crippen LogP contribution in [0.5, 0.6) is 0 Å². The maximum Gasteiger partial charge on any atom is -0.00976 e. The van der Waals surface area contributed by atoms with Crippen LogP contribution >= 0.6 is 0 Å². The fourth-order valence-electron chi connectivity index (χ4n) is 1.04. The highest BCUT2D eigenvalue weighted by atomic mass is 13.9. The van der Waals surface area contributed by atoms with E-state index in [-0.39, 0.29) is 0 Å². The van der Waals surface area contributed by atoms with Gasteiger partial charge in [-0.25, -0.2) is 0 Å². The van der Waals surface area contributed by atoms with Crippen LogP contribution in [0.4, 0.5) is 0 Å². The van der Waals surface area contributed by atoms with E-state index >= 15 is 0 Å². The maximum atomic E-state index is 3.71. The van der Waals surface area contributed by atoms with E-state index in [1.165, 1.54) is 11.1 Å². The summed E-state index contributed by atoms with van der Waals surface area (Å²) in [6.07, 6.45) is 7.11. The number of rotatable bonds is 3. The molecule has 12 heavy (non-hydrogen) atoms. The van der Waals surface area contributed by atoms with Gasteiger partial charge < -0.3 is 0 Å². The van der Waals surface area contributed by atoms with E-state index in [4.69, 9.17) is 0 Å². The molecule has 0 heterocycles. The van der Waals surface area contributed by atoms with E-state index in [0.717, 1.165) is 6.42 Å². The minimum atomic E-state index is 1.02. The van der Waals surface area contributed by atoms with E-state index in [1.807, 2.05) is 13.0 Å². The van der Waals surface area contributed by atoms with Gasteiger partial charge in [0.25, 0.3) is 0 Å². The summed E-state index contributed by atoms with van der Waals surface area (Å²) in [7, 11) is 0. The zero-order chi connectivity index (χ0) is 8.81. The first kappa shape index (κ1) is 8.79. The maximum absolute atomic E-state index is 3.71. The van der Waals surface area contributed by atoms with Gasteiger partial charge >= 0.3 is 0 Å². The van der Waals surface area contributed by atoms with Gasteiger partial charge in [0, 0.05) is 0 Å². The third-order valence-corrected chi connectivity index (χ3v) is 1.80. The van der Waals surface area contributed by atoms with Crippen molar-refractivity contribution in [3.05, 3.63) is 54.1 Å². The molecule has 0 fully saturated rings. The summed E-state index contributed by atoms with van der Waals surface area (Å²) in [5.74, 6) is 0. The number of allylic oxidation sites excluding steroid dienone is 2. The quantitative estimate of drug-likeness (QED) is 0.591. The van der Waals surface area contributed by atoms with Crippen LogP contribution in [0.1, 0.15) is 18.1 Å². The molecule has 1 aromatic carbocycles. The molecule has 1 rings (SSSR count). The monoisotopic (exact) mass is 158 g/mol. The van der Waals surface area contributed by atoms with Crippen LogP contribution in [-0.2, 0) is 6.42 Å². The summed E-state index contributed by atoms with van der Waals surface area (Å²) in [5.41, 5.74) is 2.53. The largest absolute Gasteiger partial charge is 0.0985 e. The van der Waals surface area contributed by atoms with Crippen molar-refractivity contribution in [2.24, 2.45) is 0 Å². The van der Waals surface area contributed by atoms with Crippen LogP contribution in [0.2, 0.25) is 0 Å². The van der Waals surface area contributed by atoms with Crippen molar-refractivity contribution in [2.75, 3.05) is 0 Å². The molecule has 0 atom stereocenters. The Morgan fingerprint density at radius 3 is 2.42 bits per heavy atom. The summed E-state index contributed by atoms with van der Waals surface area (Å²) in [6, 6.07) is 8.45. The third-order valence-electron chi connectivity index (χ3n) is 1.80. The highest BCUT2D eigenvalue weighted by molar-refractivity contribution is 5.47. The molecule has 0 aromatic heterocycles. The first-order chi connectivity index (χ1) is 5.86. The van der Waals surface area contributed by atoms with Gasteiger partial charge in [0.05, 0.1) is 0 Å². The smallest absolute Gasteiger partial charge is 0.00976 e. The lowest BCUT2D eigenvalue weighted by atomic mass is 10.1. The second-order valence-electron chi connectivity index (χ2n) is 2.72. The fraction of sp³-hybridized carbons (Fsp3) is 0.167. The lowest BCUT2D eigenvalue weighted by Gasteiger charge is -1.96. The lowest BCUT2D eigenvalue weighted by molar-refractivity contribution is 1.26. The van der Waals surface area contributed by atoms with Crippen molar-refractivity contribution in [2.45, 2.75) is 13.3 Å². The molecule has 0 radical (unpaired) electrons. The fourth-order valence-corrected chi connectivity index (χ4v) is 1.04. The number of benzene rings is 1. The highest BCUT2D eigenvalue weighted by Gasteiger charge is 1.88. The van der Waals surface area contributed by atoms with E-state index in [1.54, 1.807) is 0 Å². The summed E-state index contributed by atoms with van der Waals surface area (Å²) in [6.45, 7) is 5.75. The molecule has 0 aliphatic rings. The Bertz CT molecular complexity index is 265. The van der Waals surface area contributed by atoms with Gasteiger partial charge in [0.15, 0.2) is 0 Å². The van der Waals surface area contributed by atoms with Crippen LogP contribution in [0.25, 0.3) is 6.08 Å². The summed E-state index contributed by atoms with van der Waals surface area (Å²) in [4.78, 5) is 0. The van der Waals surface area contributed by atoms with Gasteiger partial charge in [0.2, 0.25) is 0 Å². The van der Waals surface area contributed by atoms with Crippen molar-refractivity contribution in [3.8, 4) is 0 Å². The first-order valence-electron chi connectivity index (χ1n) is 4.19. The third kappa shape index (κ3) is 2.39. The van der Waals surface area contributed by atoms with Crippen molar-refractivity contribution < 1.29 is 0 Å². The van der Waals surface area contributed by atoms with Crippen LogP contribution in [0.15, 0.2) is 43.0 Å². The Kier molecular flexibility index (Phi) is 3.34. The topological polar surface area (TPSA) is 0 Å². The molecule has 0 spiro atoms. The zero-order valence-corrected chi connectivity index (χ0v) is 7.46. The average Bonchev–Trinajstić information content (AvgIpc) is 2.15. The molecule has 0 aliphatic heterocycles. The predicted molar refractivity (Wildman–Crippen MR) is 55.1 cm³/mol. The molecule has 62 valence electrons. The van der Waals surface area contributed by atoms with E-state index in [2.05, 4.69) is 43.0 Å². The molecule has 0 bridgehead atoms. The molecular weight excluding hydrogens is 144 g/mol. The second kappa shape index (κ2) is 4.55. The van der Waals surface area contributed by atoms with Crippen LogP contribution < -0.4 is 0 Å². The van der Waals surface area contributed by atoms with E-state index in [0.29, 0.717) is 0 Å². The molecule has 0 unspecified atom stereocenters. The first-order valence-corrected chi connectivity index (χ1v) is 4.19. The van der Waals surface area contributed by atoms with Crippen molar-refractivity contribution in [3.63, 3.8) is 0 Å². The van der Waals surface area contributed by atoms with Crippen molar-refractivity contribution >= 4 is 6.08 Å². The predicted octanol–water partition coefficient (Wildman–Crippen LogP) is 3.45. The molecular formula is C12H14. The van der Waals surface area contributed by atoms with Crippen LogP contribution in [0, 0.1) is 0 Å². The molecule has 0 nitrogen and oxygen atoms in total. The van der Waals surface area contributed by atoms with Gasteiger partial charge in [-0.3, -0.25) is 0 Å². The SMILES string of the molecule is C=Cc1ccc(C/C=C\C)cc1. The Balaban J connectivity index is 2.70. The molecule has 0 amide bonds. The Hall–Kier alpha value is -1.30. The minimum Gasteiger partial charge on any atom is -0.0985 e. The molecule has 0 aliphatic carbocycles. The number of hydrogen-bond donors (Lipinski definition) is 0. The van der Waals surface area contributed by atoms with Gasteiger partial charge in [0.1, 0.15) is 0 Å². The van der Waals surface area contributed by atoms with E-state index < -0.39 is 0 Å². The van der Waals surface area contributed by atoms with Gasteiger partial charge in [-0.2, -0.15) is 0 Å². The standard InChI is InChI=1S/C12H14/c1-3-5-6-12-9-7-11(4-2)8-10-12/h3-5,7-10H,2,6H2,1H3/b5-3-. The van der Waals surface area contributed by atoms with Gasteiger partial charge in [-0.1, -0.05) is 49.1 Å². The molecule has 0 heteroatoms. The zero-order valence-electron chi connectivity index (χ0n) is 7.46. The van der Waals surface area contributed by atoms with Crippen LogP contribution in [-0.4, -0.2) is 0 Å². The summed E-state index contributed by atoms with van der Waals surface area (Å²) >= 11 is 0. The van der Waals surface area contributed by atoms with E-state index in [9.17, 15) is 0 Å². The van der Waals surface area contributed by atoms with Crippen LogP contribution in [0.3, 0.4) is 0 Å². The van der Waals surface area contributed by atoms with Crippen molar-refractivity contribution in [1.82, 2.24) is 0 Å².